The first-order valence-electron chi connectivity index (χ1n) is 5.76. The van der Waals surface area contributed by atoms with Crippen molar-refractivity contribution in [3.8, 4) is 0 Å². The number of anilines is 1. The third-order valence-electron chi connectivity index (χ3n) is 2.53. The molecule has 1 N–H and O–H groups in total. The number of rotatable bonds is 5. The van der Waals surface area contributed by atoms with Crippen molar-refractivity contribution in [2.45, 2.75) is 31.0 Å². The third-order valence-corrected chi connectivity index (χ3v) is 4.33. The Kier molecular flexibility index (Phi) is 4.76. The van der Waals surface area contributed by atoms with Gasteiger partial charge in [0.2, 0.25) is 0 Å². The Balaban J connectivity index is 1.94. The van der Waals surface area contributed by atoms with Crippen molar-refractivity contribution >= 4 is 28.8 Å². The van der Waals surface area contributed by atoms with Crippen molar-refractivity contribution in [3.05, 3.63) is 39.8 Å². The summed E-state index contributed by atoms with van der Waals surface area (Å²) in [6.45, 7) is 4.68. The number of aromatic nitrogens is 1. The van der Waals surface area contributed by atoms with E-state index in [0.717, 1.165) is 16.4 Å². The fraction of sp³-hybridized carbons (Fsp3) is 0.308. The minimum atomic E-state index is -2.37. The fourth-order valence-corrected chi connectivity index (χ4v) is 3.05. The van der Waals surface area contributed by atoms with Crippen LogP contribution in [0.15, 0.2) is 29.2 Å². The Morgan fingerprint density at radius 2 is 1.95 bits per heavy atom. The molecule has 1 aromatic carbocycles. The lowest BCUT2D eigenvalue weighted by Crippen LogP contribution is -1.98. The molecule has 19 heavy (non-hydrogen) atoms. The van der Waals surface area contributed by atoms with E-state index in [1.54, 1.807) is 23.5 Å². The summed E-state index contributed by atoms with van der Waals surface area (Å²) in [7, 11) is 0. The molecule has 0 bridgehead atoms. The SMILES string of the molecule is Cc1nc(C)c(CNc2ccc(SC(F)F)cc2)s1. The summed E-state index contributed by atoms with van der Waals surface area (Å²) in [4.78, 5) is 6.13. The Bertz CT molecular complexity index is 538. The molecule has 0 radical (unpaired) electrons. The van der Waals surface area contributed by atoms with Crippen LogP contribution in [-0.4, -0.2) is 10.7 Å². The quantitative estimate of drug-likeness (QED) is 0.811. The molecular formula is C13H14F2N2S2. The van der Waals surface area contributed by atoms with Gasteiger partial charge >= 0.3 is 0 Å². The first-order valence-corrected chi connectivity index (χ1v) is 7.46. The standard InChI is InChI=1S/C13H14F2N2S2/c1-8-12(18-9(2)17-8)7-16-10-3-5-11(6-4-10)19-13(14)15/h3-6,13,16H,7H2,1-2H3. The normalized spacial score (nSPS) is 11.0. The minimum absolute atomic E-state index is 0.558. The molecular weight excluding hydrogens is 286 g/mol. The predicted octanol–water partition coefficient (Wildman–Crippen LogP) is 4.69. The summed E-state index contributed by atoms with van der Waals surface area (Å²) in [5, 5.41) is 4.32. The van der Waals surface area contributed by atoms with Gasteiger partial charge in [-0.25, -0.2) is 4.98 Å². The second kappa shape index (κ2) is 6.34. The van der Waals surface area contributed by atoms with Crippen LogP contribution >= 0.6 is 23.1 Å². The second-order valence-electron chi connectivity index (χ2n) is 4.00. The lowest BCUT2D eigenvalue weighted by Gasteiger charge is -2.06. The van der Waals surface area contributed by atoms with E-state index < -0.39 is 5.76 Å². The average Bonchev–Trinajstić information content (AvgIpc) is 2.66. The Labute approximate surface area is 119 Å². The number of hydrogen-bond donors (Lipinski definition) is 1. The summed E-state index contributed by atoms with van der Waals surface area (Å²) >= 11 is 2.23. The molecule has 2 rings (SSSR count). The number of alkyl halides is 2. The van der Waals surface area contributed by atoms with Gasteiger partial charge < -0.3 is 5.32 Å². The van der Waals surface area contributed by atoms with Gasteiger partial charge in [-0.1, -0.05) is 11.8 Å². The van der Waals surface area contributed by atoms with E-state index in [0.29, 0.717) is 23.2 Å². The molecule has 2 aromatic rings. The Morgan fingerprint density at radius 1 is 1.26 bits per heavy atom. The van der Waals surface area contributed by atoms with Gasteiger partial charge in [-0.15, -0.1) is 11.3 Å². The average molecular weight is 300 g/mol. The van der Waals surface area contributed by atoms with Gasteiger partial charge in [-0.05, 0) is 38.1 Å². The third kappa shape index (κ3) is 4.18. The van der Waals surface area contributed by atoms with E-state index >= 15 is 0 Å². The topological polar surface area (TPSA) is 24.9 Å². The minimum Gasteiger partial charge on any atom is -0.380 e. The van der Waals surface area contributed by atoms with Crippen LogP contribution in [-0.2, 0) is 6.54 Å². The zero-order chi connectivity index (χ0) is 13.8. The number of nitrogens with zero attached hydrogens (tertiary/aromatic N) is 1. The second-order valence-corrected chi connectivity index (χ2v) is 6.35. The van der Waals surface area contributed by atoms with Gasteiger partial charge in [0.15, 0.2) is 0 Å². The van der Waals surface area contributed by atoms with E-state index in [1.165, 1.54) is 4.88 Å². The van der Waals surface area contributed by atoms with Crippen molar-refractivity contribution < 1.29 is 8.78 Å². The van der Waals surface area contributed by atoms with E-state index in [-0.39, 0.29) is 0 Å². The van der Waals surface area contributed by atoms with E-state index in [9.17, 15) is 8.78 Å². The number of thioether (sulfide) groups is 1. The molecule has 1 aromatic heterocycles. The smallest absolute Gasteiger partial charge is 0.288 e. The molecule has 0 fully saturated rings. The number of nitrogens with one attached hydrogen (secondary N) is 1. The number of aryl methyl sites for hydroxylation is 2. The van der Waals surface area contributed by atoms with Gasteiger partial charge in [-0.2, -0.15) is 8.78 Å². The van der Waals surface area contributed by atoms with Crippen molar-refractivity contribution in [1.82, 2.24) is 4.98 Å². The molecule has 0 spiro atoms. The Hall–Kier alpha value is -1.14. The van der Waals surface area contributed by atoms with Crippen LogP contribution in [0.25, 0.3) is 0 Å². The van der Waals surface area contributed by atoms with Crippen molar-refractivity contribution in [1.29, 1.82) is 0 Å². The van der Waals surface area contributed by atoms with Crippen LogP contribution < -0.4 is 5.32 Å². The summed E-state index contributed by atoms with van der Waals surface area (Å²) in [5.41, 5.74) is 1.96. The summed E-state index contributed by atoms with van der Waals surface area (Å²) in [6, 6.07) is 7.02. The molecule has 2 nitrogen and oxygen atoms in total. The van der Waals surface area contributed by atoms with Crippen LogP contribution in [0.3, 0.4) is 0 Å². The van der Waals surface area contributed by atoms with Gasteiger partial charge in [0.1, 0.15) is 0 Å². The molecule has 1 heterocycles. The van der Waals surface area contributed by atoms with Crippen LogP contribution in [0.1, 0.15) is 15.6 Å². The molecule has 0 aliphatic carbocycles. The van der Waals surface area contributed by atoms with E-state index in [2.05, 4.69) is 10.3 Å². The molecule has 0 amide bonds. The van der Waals surface area contributed by atoms with Crippen molar-refractivity contribution in [2.24, 2.45) is 0 Å². The largest absolute Gasteiger partial charge is 0.380 e. The number of benzene rings is 1. The molecule has 0 aliphatic rings. The predicted molar refractivity (Wildman–Crippen MR) is 77.2 cm³/mol. The van der Waals surface area contributed by atoms with Crippen LogP contribution in [0.2, 0.25) is 0 Å². The lowest BCUT2D eigenvalue weighted by atomic mass is 10.3. The Morgan fingerprint density at radius 3 is 2.47 bits per heavy atom. The highest BCUT2D eigenvalue weighted by atomic mass is 32.2. The van der Waals surface area contributed by atoms with Crippen LogP contribution in [0.5, 0.6) is 0 Å². The first-order chi connectivity index (χ1) is 9.04. The number of thiazole rings is 1. The van der Waals surface area contributed by atoms with Gasteiger partial charge in [-0.3, -0.25) is 0 Å². The van der Waals surface area contributed by atoms with Crippen LogP contribution in [0.4, 0.5) is 14.5 Å². The fourth-order valence-electron chi connectivity index (χ4n) is 1.67. The molecule has 0 saturated carbocycles. The lowest BCUT2D eigenvalue weighted by molar-refractivity contribution is 0.252. The molecule has 102 valence electrons. The number of hydrogen-bond acceptors (Lipinski definition) is 4. The maximum absolute atomic E-state index is 12.2. The highest BCUT2D eigenvalue weighted by Gasteiger charge is 2.06. The maximum atomic E-state index is 12.2. The zero-order valence-electron chi connectivity index (χ0n) is 10.6. The van der Waals surface area contributed by atoms with Crippen LogP contribution in [0, 0.1) is 13.8 Å². The highest BCUT2D eigenvalue weighted by Crippen LogP contribution is 2.26. The van der Waals surface area contributed by atoms with Gasteiger partial charge in [0.05, 0.1) is 17.2 Å². The summed E-state index contributed by atoms with van der Waals surface area (Å²) < 4.78 is 24.4. The van der Waals surface area contributed by atoms with Crippen molar-refractivity contribution in [3.63, 3.8) is 0 Å². The molecule has 0 saturated heterocycles. The molecule has 6 heteroatoms. The van der Waals surface area contributed by atoms with E-state index in [4.69, 9.17) is 0 Å². The van der Waals surface area contributed by atoms with Gasteiger partial charge in [0.25, 0.3) is 5.76 Å². The summed E-state index contributed by atoms with van der Waals surface area (Å²) in [5.74, 6) is -2.37. The molecule has 0 atom stereocenters. The zero-order valence-corrected chi connectivity index (χ0v) is 12.2. The monoisotopic (exact) mass is 300 g/mol. The molecule has 0 aliphatic heterocycles. The van der Waals surface area contributed by atoms with Gasteiger partial charge in [0, 0.05) is 15.5 Å². The maximum Gasteiger partial charge on any atom is 0.288 e. The first kappa shape index (κ1) is 14.3. The molecule has 0 unspecified atom stereocenters. The van der Waals surface area contributed by atoms with Crippen molar-refractivity contribution in [2.75, 3.05) is 5.32 Å². The summed E-state index contributed by atoms with van der Waals surface area (Å²) in [6.07, 6.45) is 0. The van der Waals surface area contributed by atoms with E-state index in [1.807, 2.05) is 26.0 Å². The highest BCUT2D eigenvalue weighted by molar-refractivity contribution is 7.99. The number of halogens is 2.